The van der Waals surface area contributed by atoms with Crippen molar-refractivity contribution < 1.29 is 14.3 Å². The van der Waals surface area contributed by atoms with Crippen LogP contribution >= 0.6 is 0 Å². The average molecular weight is 290 g/mol. The van der Waals surface area contributed by atoms with E-state index in [-0.39, 0.29) is 5.97 Å². The highest BCUT2D eigenvalue weighted by Gasteiger charge is 2.18. The first-order valence-corrected chi connectivity index (χ1v) is 7.49. The molecule has 0 aliphatic rings. The van der Waals surface area contributed by atoms with Crippen molar-refractivity contribution in [3.05, 3.63) is 23.4 Å². The number of aromatic nitrogens is 2. The van der Waals surface area contributed by atoms with Gasteiger partial charge in [0.05, 0.1) is 24.5 Å². The van der Waals surface area contributed by atoms with Gasteiger partial charge in [-0.3, -0.25) is 4.68 Å². The minimum absolute atomic E-state index is 0.327. The lowest BCUT2D eigenvalue weighted by Gasteiger charge is -2.10. The fourth-order valence-corrected chi connectivity index (χ4v) is 2.43. The smallest absolute Gasteiger partial charge is 0.338 e. The van der Waals surface area contributed by atoms with Gasteiger partial charge in [0.25, 0.3) is 0 Å². The molecule has 2 rings (SSSR count). The lowest BCUT2D eigenvalue weighted by molar-refractivity contribution is 0.0526. The highest BCUT2D eigenvalue weighted by atomic mass is 16.5. The standard InChI is InChI=1S/C16H22N2O3/c1-5-13-12-9-11(16(19)21-8-4)10-14(20-7-3)15(12)18(6-2)17-13/h9-10H,5-8H2,1-4H3. The Morgan fingerprint density at radius 2 is 1.95 bits per heavy atom. The van der Waals surface area contributed by atoms with Crippen molar-refractivity contribution in [2.24, 2.45) is 0 Å². The monoisotopic (exact) mass is 290 g/mol. The van der Waals surface area contributed by atoms with Crippen molar-refractivity contribution in [1.82, 2.24) is 9.78 Å². The molecule has 0 bridgehead atoms. The molecule has 0 amide bonds. The van der Waals surface area contributed by atoms with Crippen LogP contribution in [0.1, 0.15) is 43.7 Å². The SMILES string of the molecule is CCOC(=O)c1cc(OCC)c2c(c1)c(CC)nn2CC. The summed E-state index contributed by atoms with van der Waals surface area (Å²) in [6, 6.07) is 3.60. The molecule has 5 nitrogen and oxygen atoms in total. The molecule has 1 aromatic carbocycles. The molecule has 0 radical (unpaired) electrons. The summed E-state index contributed by atoms with van der Waals surface area (Å²) in [5, 5.41) is 5.57. The highest BCUT2D eigenvalue weighted by molar-refractivity contribution is 5.98. The molecule has 0 N–H and O–H groups in total. The second kappa shape index (κ2) is 6.61. The maximum absolute atomic E-state index is 12.0. The average Bonchev–Trinajstić information content (AvgIpc) is 2.86. The van der Waals surface area contributed by atoms with Crippen LogP contribution in [0.2, 0.25) is 0 Å². The number of esters is 1. The molecule has 0 saturated heterocycles. The third-order valence-electron chi connectivity index (χ3n) is 3.33. The van der Waals surface area contributed by atoms with E-state index in [4.69, 9.17) is 9.47 Å². The summed E-state index contributed by atoms with van der Waals surface area (Å²) < 4.78 is 12.7. The largest absolute Gasteiger partial charge is 0.492 e. The summed E-state index contributed by atoms with van der Waals surface area (Å²) >= 11 is 0. The van der Waals surface area contributed by atoms with E-state index < -0.39 is 0 Å². The first kappa shape index (κ1) is 15.4. The summed E-state index contributed by atoms with van der Waals surface area (Å²) in [6.07, 6.45) is 0.807. The van der Waals surface area contributed by atoms with Crippen LogP contribution in [-0.4, -0.2) is 29.0 Å². The minimum Gasteiger partial charge on any atom is -0.492 e. The fourth-order valence-electron chi connectivity index (χ4n) is 2.43. The zero-order valence-corrected chi connectivity index (χ0v) is 13.1. The Balaban J connectivity index is 2.68. The van der Waals surface area contributed by atoms with Gasteiger partial charge in [0, 0.05) is 11.9 Å². The van der Waals surface area contributed by atoms with Crippen LogP contribution in [0.3, 0.4) is 0 Å². The molecule has 2 aromatic rings. The molecule has 21 heavy (non-hydrogen) atoms. The molecule has 114 valence electrons. The van der Waals surface area contributed by atoms with Gasteiger partial charge in [-0.15, -0.1) is 0 Å². The van der Waals surface area contributed by atoms with E-state index in [0.717, 1.165) is 29.6 Å². The quantitative estimate of drug-likeness (QED) is 0.767. The molecule has 0 atom stereocenters. The van der Waals surface area contributed by atoms with Crippen molar-refractivity contribution in [1.29, 1.82) is 0 Å². The van der Waals surface area contributed by atoms with Gasteiger partial charge in [0.2, 0.25) is 0 Å². The van der Waals surface area contributed by atoms with Crippen molar-refractivity contribution >= 4 is 16.9 Å². The molecule has 0 fully saturated rings. The van der Waals surface area contributed by atoms with Gasteiger partial charge < -0.3 is 9.47 Å². The molecule has 0 saturated carbocycles. The Kier molecular flexibility index (Phi) is 4.83. The number of ether oxygens (including phenoxy) is 2. The Morgan fingerprint density at radius 3 is 2.52 bits per heavy atom. The van der Waals surface area contributed by atoms with Gasteiger partial charge in [-0.2, -0.15) is 5.10 Å². The number of fused-ring (bicyclic) bond motifs is 1. The first-order chi connectivity index (χ1) is 10.2. The van der Waals surface area contributed by atoms with Crippen LogP contribution in [-0.2, 0) is 17.7 Å². The highest BCUT2D eigenvalue weighted by Crippen LogP contribution is 2.31. The predicted molar refractivity (Wildman–Crippen MR) is 81.9 cm³/mol. The van der Waals surface area contributed by atoms with Gasteiger partial charge in [-0.25, -0.2) is 4.79 Å². The van der Waals surface area contributed by atoms with Gasteiger partial charge in [-0.1, -0.05) is 6.92 Å². The molecule has 1 heterocycles. The molecule has 0 spiro atoms. The van der Waals surface area contributed by atoms with Gasteiger partial charge >= 0.3 is 5.97 Å². The molecule has 1 aromatic heterocycles. The van der Waals surface area contributed by atoms with E-state index in [1.165, 1.54) is 0 Å². The normalized spacial score (nSPS) is 10.9. The second-order valence-electron chi connectivity index (χ2n) is 4.64. The number of aryl methyl sites for hydroxylation is 2. The Labute approximate surface area is 124 Å². The van der Waals surface area contributed by atoms with Crippen molar-refractivity contribution in [2.45, 2.75) is 40.7 Å². The molecular formula is C16H22N2O3. The van der Waals surface area contributed by atoms with E-state index in [1.807, 2.05) is 24.6 Å². The van der Waals surface area contributed by atoms with Gasteiger partial charge in [0.15, 0.2) is 0 Å². The summed E-state index contributed by atoms with van der Waals surface area (Å²) in [7, 11) is 0. The van der Waals surface area contributed by atoms with Gasteiger partial charge in [-0.05, 0) is 39.3 Å². The van der Waals surface area contributed by atoms with Crippen molar-refractivity contribution in [2.75, 3.05) is 13.2 Å². The summed E-state index contributed by atoms with van der Waals surface area (Å²) in [5.74, 6) is 0.360. The zero-order valence-electron chi connectivity index (χ0n) is 13.1. The van der Waals surface area contributed by atoms with Crippen molar-refractivity contribution in [3.63, 3.8) is 0 Å². The summed E-state index contributed by atoms with van der Waals surface area (Å²) in [5.41, 5.74) is 2.43. The van der Waals surface area contributed by atoms with Crippen LogP contribution < -0.4 is 4.74 Å². The fraction of sp³-hybridized carbons (Fsp3) is 0.500. The van der Waals surface area contributed by atoms with E-state index in [2.05, 4.69) is 12.0 Å². The van der Waals surface area contributed by atoms with Crippen LogP contribution in [0, 0.1) is 0 Å². The molecule has 0 unspecified atom stereocenters. The predicted octanol–water partition coefficient (Wildman–Crippen LogP) is 3.19. The lowest BCUT2D eigenvalue weighted by Crippen LogP contribution is -2.06. The van der Waals surface area contributed by atoms with Crippen LogP contribution in [0.15, 0.2) is 12.1 Å². The Bertz CT molecular complexity index is 646. The number of carbonyl (C=O) groups excluding carboxylic acids is 1. The van der Waals surface area contributed by atoms with Gasteiger partial charge in [0.1, 0.15) is 11.3 Å². The number of nitrogens with zero attached hydrogens (tertiary/aromatic N) is 2. The zero-order chi connectivity index (χ0) is 15.4. The number of benzene rings is 1. The van der Waals surface area contributed by atoms with Crippen LogP contribution in [0.5, 0.6) is 5.75 Å². The van der Waals surface area contributed by atoms with Crippen LogP contribution in [0.25, 0.3) is 10.9 Å². The lowest BCUT2D eigenvalue weighted by atomic mass is 10.1. The maximum atomic E-state index is 12.0. The van der Waals surface area contributed by atoms with Crippen molar-refractivity contribution in [3.8, 4) is 5.75 Å². The van der Waals surface area contributed by atoms with E-state index in [1.54, 1.807) is 13.0 Å². The third kappa shape index (κ3) is 2.86. The summed E-state index contributed by atoms with van der Waals surface area (Å²) in [4.78, 5) is 12.0. The molecule has 0 aliphatic heterocycles. The minimum atomic E-state index is -0.327. The number of rotatable bonds is 6. The Hall–Kier alpha value is -2.04. The number of carbonyl (C=O) groups is 1. The number of hydrogen-bond acceptors (Lipinski definition) is 4. The summed E-state index contributed by atoms with van der Waals surface area (Å²) in [6.45, 7) is 9.48. The second-order valence-corrected chi connectivity index (χ2v) is 4.64. The molecule has 0 aliphatic carbocycles. The van der Waals surface area contributed by atoms with E-state index >= 15 is 0 Å². The Morgan fingerprint density at radius 1 is 1.19 bits per heavy atom. The molecule has 5 heteroatoms. The first-order valence-electron chi connectivity index (χ1n) is 7.49. The van der Waals surface area contributed by atoms with E-state index in [0.29, 0.717) is 24.5 Å². The third-order valence-corrected chi connectivity index (χ3v) is 3.33. The maximum Gasteiger partial charge on any atom is 0.338 e. The number of hydrogen-bond donors (Lipinski definition) is 0. The molecular weight excluding hydrogens is 268 g/mol. The topological polar surface area (TPSA) is 53.4 Å². The van der Waals surface area contributed by atoms with Crippen LogP contribution in [0.4, 0.5) is 0 Å². The van der Waals surface area contributed by atoms with E-state index in [9.17, 15) is 4.79 Å².